The van der Waals surface area contributed by atoms with E-state index in [1.807, 2.05) is 0 Å². The Kier molecular flexibility index (Phi) is 7.71. The maximum atomic E-state index is 2.52. The lowest BCUT2D eigenvalue weighted by atomic mass is 9.81. The molecular weight excluding hydrogens is 889 g/mol. The first-order chi connectivity index (χ1) is 36.2. The smallest absolute Gasteiger partial charge is 0.000696 e. The lowest BCUT2D eigenvalue weighted by Gasteiger charge is -2.22. The zero-order chi connectivity index (χ0) is 49.0. The van der Waals surface area contributed by atoms with Crippen molar-refractivity contribution in [3.8, 4) is 55.6 Å². The molecule has 1 aliphatic carbocycles. The summed E-state index contributed by atoms with van der Waals surface area (Å²) in [5.74, 6) is 0. The summed E-state index contributed by atoms with van der Waals surface area (Å²) in [5, 5.41) is 29.6. The highest BCUT2D eigenvalue weighted by Crippen LogP contribution is 2.62. The minimum atomic E-state index is 0.0264. The average molecular weight is 937 g/mol. The second kappa shape index (κ2) is 14.0. The van der Waals surface area contributed by atoms with Crippen LogP contribution in [0.1, 0.15) is 37.5 Å². The molecule has 1 aliphatic rings. The topological polar surface area (TPSA) is 0 Å². The highest BCUT2D eigenvalue weighted by Gasteiger charge is 2.34. The van der Waals surface area contributed by atoms with Gasteiger partial charge < -0.3 is 0 Å². The van der Waals surface area contributed by atoms with Gasteiger partial charge in [-0.25, -0.2) is 0 Å². The lowest BCUT2D eigenvalue weighted by Crippen LogP contribution is -2.10. The number of fused-ring (bicyclic) bond motifs is 15. The molecule has 16 aromatic carbocycles. The monoisotopic (exact) mass is 936 g/mol. The quantitative estimate of drug-likeness (QED) is 0.122. The van der Waals surface area contributed by atoms with Crippen molar-refractivity contribution in [2.24, 2.45) is 0 Å². The first-order valence-corrected chi connectivity index (χ1v) is 26.4. The van der Waals surface area contributed by atoms with Crippen LogP contribution in [0.2, 0.25) is 0 Å². The van der Waals surface area contributed by atoms with E-state index in [0.717, 1.165) is 0 Å². The van der Waals surface area contributed by atoms with Crippen LogP contribution in [0.4, 0.5) is 0 Å². The third-order valence-corrected chi connectivity index (χ3v) is 17.8. The van der Waals surface area contributed by atoms with Crippen LogP contribution < -0.4 is 0 Å². The number of aryl methyl sites for hydroxylation is 2. The van der Waals surface area contributed by atoms with Crippen molar-refractivity contribution in [3.05, 3.63) is 217 Å². The molecule has 16 aromatic rings. The predicted octanol–water partition coefficient (Wildman–Crippen LogP) is 21.2. The molecule has 0 amide bonds. The molecule has 0 aromatic heterocycles. The van der Waals surface area contributed by atoms with E-state index in [2.05, 4.69) is 235 Å². The van der Waals surface area contributed by atoms with Crippen LogP contribution in [0.15, 0.2) is 200 Å². The molecule has 0 heteroatoms. The minimum Gasteiger partial charge on any atom is -0.0622 e. The van der Waals surface area contributed by atoms with Gasteiger partial charge in [0, 0.05) is 0 Å². The molecule has 0 aliphatic heterocycles. The van der Waals surface area contributed by atoms with E-state index < -0.39 is 0 Å². The third-order valence-electron chi connectivity index (χ3n) is 17.8. The van der Waals surface area contributed by atoms with Crippen LogP contribution in [-0.2, 0) is 5.41 Å². The highest BCUT2D eigenvalue weighted by molar-refractivity contribution is 6.53. The molecular formula is C74H48. The highest BCUT2D eigenvalue weighted by atomic mass is 14.4. The zero-order valence-electron chi connectivity index (χ0n) is 42.1. The molecule has 344 valence electrons. The first kappa shape index (κ1) is 40.7. The van der Waals surface area contributed by atoms with Crippen molar-refractivity contribution in [2.75, 3.05) is 0 Å². The molecule has 17 rings (SSSR count). The van der Waals surface area contributed by atoms with Gasteiger partial charge in [0.25, 0.3) is 0 Å². The van der Waals surface area contributed by atoms with E-state index in [-0.39, 0.29) is 5.41 Å². The van der Waals surface area contributed by atoms with Gasteiger partial charge in [-0.1, -0.05) is 209 Å². The van der Waals surface area contributed by atoms with E-state index in [1.54, 1.807) is 0 Å². The van der Waals surface area contributed by atoms with Gasteiger partial charge in [0.1, 0.15) is 0 Å². The maximum absolute atomic E-state index is 2.52. The normalized spacial score (nSPS) is 12.9. The average Bonchev–Trinajstić information content (AvgIpc) is 4.10. The Morgan fingerprint density at radius 3 is 1.24 bits per heavy atom. The van der Waals surface area contributed by atoms with E-state index in [0.29, 0.717) is 0 Å². The fraction of sp³-hybridized carbons (Fsp3) is 0.0811. The zero-order valence-corrected chi connectivity index (χ0v) is 42.1. The van der Waals surface area contributed by atoms with Crippen LogP contribution >= 0.6 is 0 Å². The summed E-state index contributed by atoms with van der Waals surface area (Å²) in [6.45, 7) is 11.5. The summed E-state index contributed by atoms with van der Waals surface area (Å²) in [6, 6.07) is 77.3. The summed E-state index contributed by atoms with van der Waals surface area (Å²) in [6.07, 6.45) is 0. The SMILES string of the molecule is Cc1ccccc1-c1c2c(c(-c3ccccc3C)c3ccccc13)-c1ccc3c4ccc5c6c(ccc(c7ccc-2c1c73)c46)c1c(-c2ccccc2)c2cc3ccc(C(C)(C)C)cc3c3c4ccccc4c(c51)c23. The Bertz CT molecular complexity index is 5010. The van der Waals surface area contributed by atoms with Crippen LogP contribution in [0.25, 0.3) is 174 Å². The van der Waals surface area contributed by atoms with Crippen molar-refractivity contribution < 1.29 is 0 Å². The Balaban J connectivity index is 1.04. The molecule has 0 saturated heterocycles. The van der Waals surface area contributed by atoms with Crippen LogP contribution in [0.5, 0.6) is 0 Å². The van der Waals surface area contributed by atoms with Crippen molar-refractivity contribution in [1.82, 2.24) is 0 Å². The number of rotatable bonds is 3. The minimum absolute atomic E-state index is 0.0264. The van der Waals surface area contributed by atoms with Crippen LogP contribution in [0.3, 0.4) is 0 Å². The second-order valence-electron chi connectivity index (χ2n) is 22.6. The van der Waals surface area contributed by atoms with Gasteiger partial charge in [-0.2, -0.15) is 0 Å². The molecule has 0 spiro atoms. The van der Waals surface area contributed by atoms with Gasteiger partial charge in [-0.15, -0.1) is 0 Å². The molecule has 0 fully saturated rings. The van der Waals surface area contributed by atoms with Gasteiger partial charge >= 0.3 is 0 Å². The largest absolute Gasteiger partial charge is 0.0622 e. The van der Waals surface area contributed by atoms with E-state index in [4.69, 9.17) is 0 Å². The van der Waals surface area contributed by atoms with Gasteiger partial charge in [0.15, 0.2) is 0 Å². The van der Waals surface area contributed by atoms with Crippen molar-refractivity contribution in [1.29, 1.82) is 0 Å². The summed E-state index contributed by atoms with van der Waals surface area (Å²) in [5.41, 5.74) is 17.2. The van der Waals surface area contributed by atoms with E-state index in [9.17, 15) is 0 Å². The Labute approximate surface area is 428 Å². The van der Waals surface area contributed by atoms with Gasteiger partial charge in [-0.05, 0) is 222 Å². The lowest BCUT2D eigenvalue weighted by molar-refractivity contribution is 0.591. The number of hydrogen-bond acceptors (Lipinski definition) is 0. The molecule has 0 bridgehead atoms. The summed E-state index contributed by atoms with van der Waals surface area (Å²) in [4.78, 5) is 0. The molecule has 0 unspecified atom stereocenters. The van der Waals surface area contributed by atoms with Gasteiger partial charge in [0.2, 0.25) is 0 Å². The van der Waals surface area contributed by atoms with Crippen LogP contribution in [0, 0.1) is 13.8 Å². The van der Waals surface area contributed by atoms with Crippen molar-refractivity contribution >= 4 is 118 Å². The van der Waals surface area contributed by atoms with Gasteiger partial charge in [-0.3, -0.25) is 0 Å². The molecule has 0 nitrogen and oxygen atoms in total. The summed E-state index contributed by atoms with van der Waals surface area (Å²) in [7, 11) is 0. The standard InChI is InChI=1S/C74H48/c1-39-17-9-11-21-44(39)61-46-23-13-14-24-47(46)62(45-22-12-10-18-40(45)2)71-56-35-31-52-53-32-36-57-66-54(33-29-50(63(53)66)51-30-34-55(70(61)71)67(56)64(51)52)69-60(41-19-7-6-8-20-41)59-37-42-27-28-43(74(3,4)5)38-58(42)65-48-25-15-16-26-49(48)68(72(57)69)73(59)65/h6-38H,1-5H3. The molecule has 0 radical (unpaired) electrons. The maximum Gasteiger partial charge on any atom is -0.000696 e. The summed E-state index contributed by atoms with van der Waals surface area (Å²) < 4.78 is 0. The fourth-order valence-corrected chi connectivity index (χ4v) is 14.7. The number of benzene rings is 14. The van der Waals surface area contributed by atoms with Gasteiger partial charge in [0.05, 0.1) is 0 Å². The Morgan fingerprint density at radius 2 is 0.662 bits per heavy atom. The molecule has 74 heavy (non-hydrogen) atoms. The number of hydrogen-bond donors (Lipinski definition) is 0. The molecule has 0 saturated carbocycles. The Morgan fingerprint density at radius 1 is 0.243 bits per heavy atom. The fourth-order valence-electron chi connectivity index (χ4n) is 14.7. The van der Waals surface area contributed by atoms with E-state index >= 15 is 0 Å². The predicted molar refractivity (Wildman–Crippen MR) is 321 cm³/mol. The third kappa shape index (κ3) is 4.94. The van der Waals surface area contributed by atoms with Crippen molar-refractivity contribution in [2.45, 2.75) is 40.0 Å². The molecule has 0 N–H and O–H groups in total. The van der Waals surface area contributed by atoms with E-state index in [1.165, 1.54) is 191 Å². The second-order valence-corrected chi connectivity index (χ2v) is 22.6. The first-order valence-electron chi connectivity index (χ1n) is 26.4. The van der Waals surface area contributed by atoms with Crippen molar-refractivity contribution in [3.63, 3.8) is 0 Å². The summed E-state index contributed by atoms with van der Waals surface area (Å²) >= 11 is 0. The molecule has 0 atom stereocenters. The van der Waals surface area contributed by atoms with Crippen LogP contribution in [-0.4, -0.2) is 0 Å². The Hall–Kier alpha value is -8.84. The molecule has 0 heterocycles.